The first-order chi connectivity index (χ1) is 9.93. The quantitative estimate of drug-likeness (QED) is 0.776. The van der Waals surface area contributed by atoms with Crippen LogP contribution in [0.4, 0.5) is 0 Å². The minimum absolute atomic E-state index is 0.0847. The molecule has 1 rings (SSSR count). The summed E-state index contributed by atoms with van der Waals surface area (Å²) in [5, 5.41) is 8.82. The molecule has 0 saturated heterocycles. The van der Waals surface area contributed by atoms with Gasteiger partial charge in [0, 0.05) is 24.2 Å². The van der Waals surface area contributed by atoms with Gasteiger partial charge in [-0.2, -0.15) is 0 Å². The first-order valence-electron chi connectivity index (χ1n) is 6.80. The monoisotopic (exact) mass is 357 g/mol. The molecule has 0 aliphatic carbocycles. The van der Waals surface area contributed by atoms with Gasteiger partial charge in [-0.25, -0.2) is 0 Å². The summed E-state index contributed by atoms with van der Waals surface area (Å²) in [4.78, 5) is 24.6. The van der Waals surface area contributed by atoms with Crippen molar-refractivity contribution in [3.8, 4) is 0 Å². The summed E-state index contributed by atoms with van der Waals surface area (Å²) in [7, 11) is 0. The molecule has 0 aromatic heterocycles. The van der Waals surface area contributed by atoms with E-state index in [-0.39, 0.29) is 18.9 Å². The number of rotatable bonds is 8. The molecule has 0 saturated carbocycles. The fourth-order valence-electron chi connectivity index (χ4n) is 1.93. The van der Waals surface area contributed by atoms with E-state index in [0.29, 0.717) is 13.2 Å². The Balaban J connectivity index is 2.80. The molecular formula is C15H20BrNO4. The van der Waals surface area contributed by atoms with Crippen LogP contribution in [-0.4, -0.2) is 41.1 Å². The van der Waals surface area contributed by atoms with Crippen molar-refractivity contribution in [2.45, 2.75) is 32.9 Å². The molecule has 1 aromatic carbocycles. The minimum atomic E-state index is -0.925. The van der Waals surface area contributed by atoms with Crippen molar-refractivity contribution >= 4 is 27.8 Å². The molecule has 0 aliphatic heterocycles. The van der Waals surface area contributed by atoms with Crippen LogP contribution in [-0.2, 0) is 20.9 Å². The van der Waals surface area contributed by atoms with Crippen LogP contribution < -0.4 is 0 Å². The molecule has 1 N–H and O–H groups in total. The Hall–Kier alpha value is -1.40. The highest BCUT2D eigenvalue weighted by Crippen LogP contribution is 2.14. The lowest BCUT2D eigenvalue weighted by atomic mass is 10.2. The largest absolute Gasteiger partial charge is 0.481 e. The summed E-state index contributed by atoms with van der Waals surface area (Å²) in [5.41, 5.74) is 0.937. The lowest BCUT2D eigenvalue weighted by molar-refractivity contribution is -0.144. The molecule has 0 heterocycles. The number of halogens is 1. The molecule has 1 aromatic rings. The zero-order valence-electron chi connectivity index (χ0n) is 12.2. The number of hydrogen-bond acceptors (Lipinski definition) is 3. The maximum Gasteiger partial charge on any atom is 0.305 e. The molecule has 1 amide bonds. The van der Waals surface area contributed by atoms with Gasteiger partial charge in [-0.1, -0.05) is 28.1 Å². The van der Waals surface area contributed by atoms with E-state index in [0.717, 1.165) is 10.0 Å². The Morgan fingerprint density at radius 3 is 2.71 bits per heavy atom. The second-order valence-electron chi connectivity index (χ2n) is 4.63. The number of carboxylic acid groups (broad SMARTS) is 1. The molecule has 0 aliphatic rings. The molecule has 0 bridgehead atoms. The Kier molecular flexibility index (Phi) is 7.39. The summed E-state index contributed by atoms with van der Waals surface area (Å²) in [6.07, 6.45) is -0.658. The van der Waals surface area contributed by atoms with Crippen LogP contribution in [0.3, 0.4) is 0 Å². The summed E-state index contributed by atoms with van der Waals surface area (Å²) < 4.78 is 6.22. The highest BCUT2D eigenvalue weighted by Gasteiger charge is 2.21. The number of benzene rings is 1. The highest BCUT2D eigenvalue weighted by molar-refractivity contribution is 9.10. The van der Waals surface area contributed by atoms with Gasteiger partial charge in [-0.05, 0) is 31.5 Å². The Bertz CT molecular complexity index is 492. The van der Waals surface area contributed by atoms with Gasteiger partial charge >= 0.3 is 5.97 Å². The number of carbonyl (C=O) groups excluding carboxylic acids is 1. The number of hydrogen-bond donors (Lipinski definition) is 1. The Labute approximate surface area is 133 Å². The summed E-state index contributed by atoms with van der Waals surface area (Å²) >= 11 is 3.38. The first kappa shape index (κ1) is 17.7. The summed E-state index contributed by atoms with van der Waals surface area (Å²) in [5.74, 6) is -1.12. The lowest BCUT2D eigenvalue weighted by Gasteiger charge is -2.25. The molecule has 1 atom stereocenters. The van der Waals surface area contributed by atoms with Crippen LogP contribution >= 0.6 is 15.9 Å². The number of carbonyl (C=O) groups is 2. The van der Waals surface area contributed by atoms with Crippen molar-refractivity contribution in [3.05, 3.63) is 34.3 Å². The van der Waals surface area contributed by atoms with E-state index in [4.69, 9.17) is 9.84 Å². The second-order valence-corrected chi connectivity index (χ2v) is 5.55. The van der Waals surface area contributed by atoms with Gasteiger partial charge in [0.05, 0.1) is 6.42 Å². The second kappa shape index (κ2) is 8.79. The van der Waals surface area contributed by atoms with Gasteiger partial charge < -0.3 is 14.7 Å². The number of aliphatic carboxylic acids is 1. The van der Waals surface area contributed by atoms with Crippen molar-refractivity contribution in [2.24, 2.45) is 0 Å². The average molecular weight is 358 g/mol. The molecule has 0 fully saturated rings. The maximum absolute atomic E-state index is 12.3. The molecule has 6 heteroatoms. The number of ether oxygens (including phenoxy) is 1. The predicted molar refractivity (Wildman–Crippen MR) is 82.9 cm³/mol. The average Bonchev–Trinajstić information content (AvgIpc) is 2.42. The predicted octanol–water partition coefficient (Wildman–Crippen LogP) is 2.68. The smallest absolute Gasteiger partial charge is 0.305 e. The van der Waals surface area contributed by atoms with Crippen molar-refractivity contribution < 1.29 is 19.4 Å². The van der Waals surface area contributed by atoms with E-state index < -0.39 is 12.1 Å². The molecule has 0 radical (unpaired) electrons. The fourth-order valence-corrected chi connectivity index (χ4v) is 2.38. The minimum Gasteiger partial charge on any atom is -0.481 e. The van der Waals surface area contributed by atoms with Crippen molar-refractivity contribution in [3.63, 3.8) is 0 Å². The van der Waals surface area contributed by atoms with Crippen molar-refractivity contribution in [1.29, 1.82) is 0 Å². The Morgan fingerprint density at radius 2 is 2.14 bits per heavy atom. The fraction of sp³-hybridized carbons (Fsp3) is 0.467. The van der Waals surface area contributed by atoms with Gasteiger partial charge in [-0.3, -0.25) is 9.59 Å². The number of amides is 1. The third-order valence-electron chi connectivity index (χ3n) is 2.93. The number of nitrogens with zero attached hydrogens (tertiary/aromatic N) is 1. The van der Waals surface area contributed by atoms with E-state index in [1.165, 1.54) is 4.90 Å². The van der Waals surface area contributed by atoms with Crippen LogP contribution in [0.5, 0.6) is 0 Å². The first-order valence-corrected chi connectivity index (χ1v) is 7.60. The van der Waals surface area contributed by atoms with Gasteiger partial charge in [0.15, 0.2) is 0 Å². The van der Waals surface area contributed by atoms with Gasteiger partial charge in [0.25, 0.3) is 5.91 Å². The standard InChI is InChI=1S/C15H20BrNO4/c1-3-21-11(2)15(20)17(8-7-14(18)19)10-12-5-4-6-13(16)9-12/h4-6,9,11H,3,7-8,10H2,1-2H3,(H,18,19). The normalized spacial score (nSPS) is 12.0. The third-order valence-corrected chi connectivity index (χ3v) is 3.43. The summed E-state index contributed by atoms with van der Waals surface area (Å²) in [6.45, 7) is 4.47. The summed E-state index contributed by atoms with van der Waals surface area (Å²) in [6, 6.07) is 7.59. The van der Waals surface area contributed by atoms with E-state index in [1.807, 2.05) is 31.2 Å². The van der Waals surface area contributed by atoms with Gasteiger partial charge in [-0.15, -0.1) is 0 Å². The molecule has 1 unspecified atom stereocenters. The van der Waals surface area contributed by atoms with Crippen LogP contribution in [0.25, 0.3) is 0 Å². The van der Waals surface area contributed by atoms with E-state index in [1.54, 1.807) is 6.92 Å². The zero-order chi connectivity index (χ0) is 15.8. The molecule has 21 heavy (non-hydrogen) atoms. The van der Waals surface area contributed by atoms with E-state index >= 15 is 0 Å². The topological polar surface area (TPSA) is 66.8 Å². The molecule has 5 nitrogen and oxygen atoms in total. The highest BCUT2D eigenvalue weighted by atomic mass is 79.9. The zero-order valence-corrected chi connectivity index (χ0v) is 13.8. The van der Waals surface area contributed by atoms with Crippen LogP contribution in [0.2, 0.25) is 0 Å². The van der Waals surface area contributed by atoms with Crippen LogP contribution in [0, 0.1) is 0 Å². The third kappa shape index (κ3) is 6.27. The SMILES string of the molecule is CCOC(C)C(=O)N(CCC(=O)O)Cc1cccc(Br)c1. The molecular weight excluding hydrogens is 338 g/mol. The molecule has 0 spiro atoms. The van der Waals surface area contributed by atoms with Crippen molar-refractivity contribution in [2.75, 3.05) is 13.2 Å². The molecule has 116 valence electrons. The van der Waals surface area contributed by atoms with Gasteiger partial charge in [0.2, 0.25) is 0 Å². The van der Waals surface area contributed by atoms with E-state index in [9.17, 15) is 9.59 Å². The van der Waals surface area contributed by atoms with E-state index in [2.05, 4.69) is 15.9 Å². The maximum atomic E-state index is 12.3. The number of carboxylic acids is 1. The van der Waals surface area contributed by atoms with Crippen LogP contribution in [0.15, 0.2) is 28.7 Å². The Morgan fingerprint density at radius 1 is 1.43 bits per heavy atom. The lowest BCUT2D eigenvalue weighted by Crippen LogP contribution is -2.39. The van der Waals surface area contributed by atoms with Crippen molar-refractivity contribution in [1.82, 2.24) is 4.90 Å². The van der Waals surface area contributed by atoms with Crippen LogP contribution in [0.1, 0.15) is 25.8 Å². The van der Waals surface area contributed by atoms with Gasteiger partial charge in [0.1, 0.15) is 6.10 Å².